The summed E-state index contributed by atoms with van der Waals surface area (Å²) < 4.78 is 16.5. The molecule has 152 valence electrons. The third-order valence-corrected chi connectivity index (χ3v) is 4.17. The molecule has 0 aliphatic carbocycles. The molecule has 0 saturated carbocycles. The summed E-state index contributed by atoms with van der Waals surface area (Å²) in [4.78, 5) is 22.3. The minimum atomic E-state index is -0.504. The number of hydrogen-bond acceptors (Lipinski definition) is 8. The number of fused-ring (bicyclic) bond motifs is 1. The molecule has 1 aliphatic heterocycles. The van der Waals surface area contributed by atoms with Gasteiger partial charge < -0.3 is 13.9 Å². The number of benzene rings is 2. The Labute approximate surface area is 170 Å². The van der Waals surface area contributed by atoms with Crippen molar-refractivity contribution in [1.82, 2.24) is 10.2 Å². The molecule has 1 amide bonds. The second-order valence-corrected chi connectivity index (χ2v) is 6.33. The van der Waals surface area contributed by atoms with Crippen LogP contribution in [0.25, 0.3) is 6.08 Å². The maximum absolute atomic E-state index is 12.0. The molecule has 10 heteroatoms. The van der Waals surface area contributed by atoms with E-state index in [4.69, 9.17) is 13.9 Å². The van der Waals surface area contributed by atoms with E-state index in [0.29, 0.717) is 42.6 Å². The SMILES string of the molecule is O=C(/C=C/c1cccc([N+](=O)[O-])c1)Nc1nnc(Cc2ccc3c(c2)OCCO3)o1. The number of amides is 1. The monoisotopic (exact) mass is 408 g/mol. The van der Waals surface area contributed by atoms with Crippen LogP contribution in [0, 0.1) is 10.1 Å². The average molecular weight is 408 g/mol. The van der Waals surface area contributed by atoms with E-state index < -0.39 is 10.8 Å². The van der Waals surface area contributed by atoms with Crippen LogP contribution in [0.1, 0.15) is 17.0 Å². The van der Waals surface area contributed by atoms with Crippen molar-refractivity contribution < 1.29 is 23.6 Å². The van der Waals surface area contributed by atoms with Gasteiger partial charge in [-0.25, -0.2) is 0 Å². The molecule has 2 heterocycles. The molecule has 0 radical (unpaired) electrons. The lowest BCUT2D eigenvalue weighted by molar-refractivity contribution is -0.384. The van der Waals surface area contributed by atoms with Crippen LogP contribution in [0.15, 0.2) is 53.0 Å². The molecule has 0 fully saturated rings. The predicted molar refractivity (Wildman–Crippen MR) is 105 cm³/mol. The molecule has 0 saturated heterocycles. The maximum Gasteiger partial charge on any atom is 0.322 e. The second-order valence-electron chi connectivity index (χ2n) is 6.33. The van der Waals surface area contributed by atoms with Gasteiger partial charge in [0.2, 0.25) is 5.89 Å². The van der Waals surface area contributed by atoms with Crippen molar-refractivity contribution in [2.45, 2.75) is 6.42 Å². The van der Waals surface area contributed by atoms with E-state index >= 15 is 0 Å². The number of anilines is 1. The fraction of sp³-hybridized carbons (Fsp3) is 0.150. The minimum absolute atomic E-state index is 0.0452. The number of carbonyl (C=O) groups excluding carboxylic acids is 1. The Kier molecular flexibility index (Phi) is 5.37. The quantitative estimate of drug-likeness (QED) is 0.374. The molecule has 4 rings (SSSR count). The highest BCUT2D eigenvalue weighted by Crippen LogP contribution is 2.31. The summed E-state index contributed by atoms with van der Waals surface area (Å²) in [7, 11) is 0. The molecule has 0 bridgehead atoms. The lowest BCUT2D eigenvalue weighted by atomic mass is 10.1. The molecular formula is C20H16N4O6. The van der Waals surface area contributed by atoms with Gasteiger partial charge in [0.15, 0.2) is 11.5 Å². The van der Waals surface area contributed by atoms with Crippen molar-refractivity contribution in [1.29, 1.82) is 0 Å². The van der Waals surface area contributed by atoms with E-state index in [0.717, 1.165) is 5.56 Å². The van der Waals surface area contributed by atoms with Crippen LogP contribution in [0.4, 0.5) is 11.7 Å². The van der Waals surface area contributed by atoms with Crippen molar-refractivity contribution in [3.05, 3.63) is 75.7 Å². The number of aromatic nitrogens is 2. The van der Waals surface area contributed by atoms with E-state index in [1.807, 2.05) is 18.2 Å². The van der Waals surface area contributed by atoms with Crippen LogP contribution in [-0.2, 0) is 11.2 Å². The fourth-order valence-electron chi connectivity index (χ4n) is 2.81. The number of ether oxygens (including phenoxy) is 2. The highest BCUT2D eigenvalue weighted by molar-refractivity contribution is 6.00. The molecule has 30 heavy (non-hydrogen) atoms. The number of rotatable bonds is 6. The molecule has 10 nitrogen and oxygen atoms in total. The lowest BCUT2D eigenvalue weighted by Gasteiger charge is -2.18. The van der Waals surface area contributed by atoms with E-state index in [9.17, 15) is 14.9 Å². The molecule has 0 atom stereocenters. The third kappa shape index (κ3) is 4.61. The largest absolute Gasteiger partial charge is 0.486 e. The van der Waals surface area contributed by atoms with Crippen molar-refractivity contribution in [2.24, 2.45) is 0 Å². The standard InChI is InChI=1S/C20H16N4O6/c25-18(7-5-13-2-1-3-15(10-13)24(26)27)21-20-23-22-19(30-20)12-14-4-6-16-17(11-14)29-9-8-28-16/h1-7,10-11H,8-9,12H2,(H,21,23,25)/b7-5+. The van der Waals surface area contributed by atoms with E-state index in [-0.39, 0.29) is 11.7 Å². The van der Waals surface area contributed by atoms with Gasteiger partial charge in [-0.2, -0.15) is 0 Å². The summed E-state index contributed by atoms with van der Waals surface area (Å²) >= 11 is 0. The first-order chi connectivity index (χ1) is 14.6. The van der Waals surface area contributed by atoms with Gasteiger partial charge in [0.1, 0.15) is 13.2 Å². The van der Waals surface area contributed by atoms with E-state index in [1.54, 1.807) is 6.07 Å². The molecule has 1 N–H and O–H groups in total. The molecular weight excluding hydrogens is 392 g/mol. The third-order valence-electron chi connectivity index (χ3n) is 4.17. The van der Waals surface area contributed by atoms with Gasteiger partial charge in [0, 0.05) is 18.2 Å². The van der Waals surface area contributed by atoms with E-state index in [1.165, 1.54) is 30.4 Å². The van der Waals surface area contributed by atoms with Gasteiger partial charge in [-0.1, -0.05) is 23.3 Å². The van der Waals surface area contributed by atoms with Gasteiger partial charge in [0.25, 0.3) is 11.6 Å². The van der Waals surface area contributed by atoms with Crippen LogP contribution < -0.4 is 14.8 Å². The highest BCUT2D eigenvalue weighted by atomic mass is 16.6. The predicted octanol–water partition coefficient (Wildman–Crippen LogP) is 2.99. The average Bonchev–Trinajstić information content (AvgIpc) is 3.19. The van der Waals surface area contributed by atoms with Gasteiger partial charge in [0.05, 0.1) is 11.3 Å². The first-order valence-electron chi connectivity index (χ1n) is 9.01. The molecule has 2 aromatic carbocycles. The molecule has 1 aromatic heterocycles. The molecule has 3 aromatic rings. The maximum atomic E-state index is 12.0. The zero-order valence-corrected chi connectivity index (χ0v) is 15.6. The van der Waals surface area contributed by atoms with Crippen LogP contribution in [0.5, 0.6) is 11.5 Å². The Morgan fingerprint density at radius 1 is 1.13 bits per heavy atom. The number of nitrogens with one attached hydrogen (secondary N) is 1. The van der Waals surface area contributed by atoms with Crippen LogP contribution in [-0.4, -0.2) is 34.2 Å². The normalized spacial score (nSPS) is 12.7. The van der Waals surface area contributed by atoms with Crippen molar-refractivity contribution in [3.63, 3.8) is 0 Å². The Morgan fingerprint density at radius 3 is 2.80 bits per heavy atom. The summed E-state index contributed by atoms with van der Waals surface area (Å²) in [6.07, 6.45) is 3.04. The second kappa shape index (κ2) is 8.43. The Bertz CT molecular complexity index is 1120. The first-order valence-corrected chi connectivity index (χ1v) is 9.01. The summed E-state index contributed by atoms with van der Waals surface area (Å²) in [6.45, 7) is 1.02. The number of nitro benzene ring substituents is 1. The Morgan fingerprint density at radius 2 is 1.97 bits per heavy atom. The van der Waals surface area contributed by atoms with Gasteiger partial charge in [-0.3, -0.25) is 20.2 Å². The van der Waals surface area contributed by atoms with Gasteiger partial charge in [-0.05, 0) is 29.3 Å². The highest BCUT2D eigenvalue weighted by Gasteiger charge is 2.14. The molecule has 0 spiro atoms. The van der Waals surface area contributed by atoms with Crippen molar-refractivity contribution in [2.75, 3.05) is 18.5 Å². The number of hydrogen-bond donors (Lipinski definition) is 1. The number of nitrogens with zero attached hydrogens (tertiary/aromatic N) is 3. The van der Waals surface area contributed by atoms with Crippen molar-refractivity contribution in [3.8, 4) is 11.5 Å². The van der Waals surface area contributed by atoms with Crippen LogP contribution in [0.2, 0.25) is 0 Å². The summed E-state index contributed by atoms with van der Waals surface area (Å²) in [5, 5.41) is 21.0. The topological polar surface area (TPSA) is 130 Å². The van der Waals surface area contributed by atoms with E-state index in [2.05, 4.69) is 15.5 Å². The first kappa shape index (κ1) is 19.1. The van der Waals surface area contributed by atoms with Crippen LogP contribution >= 0.6 is 0 Å². The van der Waals surface area contributed by atoms with Crippen LogP contribution in [0.3, 0.4) is 0 Å². The summed E-state index contributed by atoms with van der Waals surface area (Å²) in [5.74, 6) is 1.18. The zero-order valence-electron chi connectivity index (χ0n) is 15.6. The smallest absolute Gasteiger partial charge is 0.322 e. The van der Waals surface area contributed by atoms with Gasteiger partial charge in [-0.15, -0.1) is 5.10 Å². The number of carbonyl (C=O) groups is 1. The molecule has 0 unspecified atom stereocenters. The zero-order chi connectivity index (χ0) is 20.9. The number of nitro groups is 1. The summed E-state index contributed by atoms with van der Waals surface area (Å²) in [6, 6.07) is 11.4. The van der Waals surface area contributed by atoms with Gasteiger partial charge >= 0.3 is 6.01 Å². The minimum Gasteiger partial charge on any atom is -0.486 e. The molecule has 1 aliphatic rings. The fourth-order valence-corrected chi connectivity index (χ4v) is 2.81. The summed E-state index contributed by atoms with van der Waals surface area (Å²) in [5.41, 5.74) is 1.36. The van der Waals surface area contributed by atoms with Crippen molar-refractivity contribution >= 4 is 23.7 Å². The number of non-ortho nitro benzene ring substituents is 1. The Balaban J connectivity index is 1.36. The lowest BCUT2D eigenvalue weighted by Crippen LogP contribution is -2.15. The Hall–Kier alpha value is -4.21.